The fourth-order valence-electron chi connectivity index (χ4n) is 0.512. The van der Waals surface area contributed by atoms with Gasteiger partial charge in [-0.3, -0.25) is 9.59 Å². The molecule has 0 atom stereocenters. The molecule has 0 aromatic carbocycles. The summed E-state index contributed by atoms with van der Waals surface area (Å²) in [5.41, 5.74) is 0. The highest BCUT2D eigenvalue weighted by Crippen LogP contribution is 1.90. The molecular formula is C8H12O3. The first-order valence-corrected chi connectivity index (χ1v) is 3.38. The summed E-state index contributed by atoms with van der Waals surface area (Å²) in [5.74, 6) is -0.198. The Kier molecular flexibility index (Phi) is 5.07. The first kappa shape index (κ1) is 9.88. The van der Waals surface area contributed by atoms with Gasteiger partial charge in [0.25, 0.3) is 0 Å². The summed E-state index contributed by atoms with van der Waals surface area (Å²) in [6.07, 6.45) is 3.92. The van der Waals surface area contributed by atoms with Gasteiger partial charge in [-0.1, -0.05) is 12.2 Å². The van der Waals surface area contributed by atoms with Gasteiger partial charge in [-0.2, -0.15) is 0 Å². The van der Waals surface area contributed by atoms with E-state index in [1.54, 1.807) is 12.2 Å². The number of ether oxygens (including phenoxy) is 1. The number of allylic oxidation sites excluding steroid dienone is 1. The molecule has 0 amide bonds. The van der Waals surface area contributed by atoms with Crippen molar-refractivity contribution in [1.29, 1.82) is 0 Å². The van der Waals surface area contributed by atoms with Crippen LogP contribution in [0, 0.1) is 0 Å². The van der Waals surface area contributed by atoms with Crippen LogP contribution >= 0.6 is 0 Å². The number of rotatable bonds is 4. The Morgan fingerprint density at radius 2 is 1.82 bits per heavy atom. The Morgan fingerprint density at radius 3 is 2.27 bits per heavy atom. The molecule has 3 heteroatoms. The Bertz CT molecular complexity index is 170. The van der Waals surface area contributed by atoms with Gasteiger partial charge < -0.3 is 4.74 Å². The minimum Gasteiger partial charge on any atom is -0.469 e. The van der Waals surface area contributed by atoms with E-state index < -0.39 is 0 Å². The Labute approximate surface area is 66.0 Å². The van der Waals surface area contributed by atoms with E-state index in [-0.39, 0.29) is 18.2 Å². The lowest BCUT2D eigenvalue weighted by atomic mass is 10.3. The number of hydrogen-bond acceptors (Lipinski definition) is 3. The molecule has 0 saturated heterocycles. The van der Waals surface area contributed by atoms with Gasteiger partial charge >= 0.3 is 5.97 Å². The van der Waals surface area contributed by atoms with Crippen molar-refractivity contribution in [3.05, 3.63) is 12.2 Å². The predicted octanol–water partition coefficient (Wildman–Crippen LogP) is 1.08. The Hall–Kier alpha value is -1.12. The van der Waals surface area contributed by atoms with Crippen molar-refractivity contribution in [1.82, 2.24) is 0 Å². The van der Waals surface area contributed by atoms with E-state index in [4.69, 9.17) is 0 Å². The normalized spacial score (nSPS) is 10.0. The van der Waals surface area contributed by atoms with Gasteiger partial charge in [-0.05, 0) is 6.92 Å². The van der Waals surface area contributed by atoms with Gasteiger partial charge in [0.05, 0.1) is 13.5 Å². The second kappa shape index (κ2) is 5.65. The van der Waals surface area contributed by atoms with Crippen LogP contribution in [0.25, 0.3) is 0 Å². The SMILES string of the molecule is COC(=O)C/C=C\CC(C)=O. The van der Waals surface area contributed by atoms with Crippen LogP contribution < -0.4 is 0 Å². The first-order valence-electron chi connectivity index (χ1n) is 3.38. The standard InChI is InChI=1S/C8H12O3/c1-7(9)5-3-4-6-8(10)11-2/h3-4H,5-6H2,1-2H3/b4-3-. The lowest BCUT2D eigenvalue weighted by molar-refractivity contribution is -0.139. The summed E-state index contributed by atoms with van der Waals surface area (Å²) < 4.78 is 4.38. The summed E-state index contributed by atoms with van der Waals surface area (Å²) in [5, 5.41) is 0. The molecule has 0 radical (unpaired) electrons. The zero-order valence-electron chi connectivity index (χ0n) is 6.79. The van der Waals surface area contributed by atoms with Gasteiger partial charge in [0.1, 0.15) is 5.78 Å². The summed E-state index contributed by atoms with van der Waals surface area (Å²) in [7, 11) is 1.33. The highest BCUT2D eigenvalue weighted by Gasteiger charge is 1.93. The summed E-state index contributed by atoms with van der Waals surface area (Å²) in [6, 6.07) is 0. The van der Waals surface area contributed by atoms with Crippen LogP contribution in [0.4, 0.5) is 0 Å². The minimum atomic E-state index is -0.287. The van der Waals surface area contributed by atoms with Crippen LogP contribution in [-0.2, 0) is 14.3 Å². The number of hydrogen-bond donors (Lipinski definition) is 0. The van der Waals surface area contributed by atoms with Crippen LogP contribution in [0.15, 0.2) is 12.2 Å². The summed E-state index contributed by atoms with van der Waals surface area (Å²) in [6.45, 7) is 1.50. The van der Waals surface area contributed by atoms with Crippen molar-refractivity contribution in [3.63, 3.8) is 0 Å². The second-order valence-corrected chi connectivity index (χ2v) is 2.16. The molecule has 0 aromatic rings. The fraction of sp³-hybridized carbons (Fsp3) is 0.500. The molecule has 0 heterocycles. The van der Waals surface area contributed by atoms with Crippen molar-refractivity contribution in [3.8, 4) is 0 Å². The fourth-order valence-corrected chi connectivity index (χ4v) is 0.512. The predicted molar refractivity (Wildman–Crippen MR) is 41.1 cm³/mol. The zero-order valence-corrected chi connectivity index (χ0v) is 6.79. The van der Waals surface area contributed by atoms with E-state index in [2.05, 4.69) is 4.74 Å². The molecule has 0 unspecified atom stereocenters. The molecule has 0 aliphatic heterocycles. The van der Waals surface area contributed by atoms with Crippen LogP contribution in [-0.4, -0.2) is 18.9 Å². The monoisotopic (exact) mass is 156 g/mol. The molecule has 0 N–H and O–H groups in total. The zero-order chi connectivity index (χ0) is 8.69. The van der Waals surface area contributed by atoms with E-state index in [9.17, 15) is 9.59 Å². The van der Waals surface area contributed by atoms with Crippen molar-refractivity contribution < 1.29 is 14.3 Å². The molecule has 0 rings (SSSR count). The largest absolute Gasteiger partial charge is 0.469 e. The molecule has 3 nitrogen and oxygen atoms in total. The molecular weight excluding hydrogens is 144 g/mol. The Balaban J connectivity index is 3.44. The van der Waals surface area contributed by atoms with Crippen molar-refractivity contribution in [2.24, 2.45) is 0 Å². The molecule has 11 heavy (non-hydrogen) atoms. The number of carbonyl (C=O) groups is 2. The number of carbonyl (C=O) groups excluding carboxylic acids is 2. The van der Waals surface area contributed by atoms with Crippen LogP contribution in [0.1, 0.15) is 19.8 Å². The van der Waals surface area contributed by atoms with Crippen LogP contribution in [0.5, 0.6) is 0 Å². The minimum absolute atomic E-state index is 0.0890. The topological polar surface area (TPSA) is 43.4 Å². The van der Waals surface area contributed by atoms with Gasteiger partial charge in [-0.25, -0.2) is 0 Å². The quantitative estimate of drug-likeness (QED) is 0.452. The van der Waals surface area contributed by atoms with E-state index in [1.807, 2.05) is 0 Å². The van der Waals surface area contributed by atoms with Gasteiger partial charge in [0.15, 0.2) is 0 Å². The van der Waals surface area contributed by atoms with Gasteiger partial charge in [0, 0.05) is 6.42 Å². The molecule has 0 aliphatic carbocycles. The third kappa shape index (κ3) is 6.77. The summed E-state index contributed by atoms with van der Waals surface area (Å²) in [4.78, 5) is 20.9. The van der Waals surface area contributed by atoms with E-state index >= 15 is 0 Å². The van der Waals surface area contributed by atoms with E-state index in [0.29, 0.717) is 6.42 Å². The number of ketones is 1. The van der Waals surface area contributed by atoms with Crippen LogP contribution in [0.3, 0.4) is 0 Å². The highest BCUT2D eigenvalue weighted by molar-refractivity contribution is 5.77. The maximum absolute atomic E-state index is 10.5. The number of methoxy groups -OCH3 is 1. The molecule has 62 valence electrons. The maximum atomic E-state index is 10.5. The lowest BCUT2D eigenvalue weighted by Crippen LogP contribution is -1.96. The molecule has 0 aromatic heterocycles. The Morgan fingerprint density at radius 1 is 1.27 bits per heavy atom. The van der Waals surface area contributed by atoms with Gasteiger partial charge in [0.2, 0.25) is 0 Å². The molecule has 0 aliphatic rings. The smallest absolute Gasteiger partial charge is 0.309 e. The third-order valence-electron chi connectivity index (χ3n) is 1.08. The van der Waals surface area contributed by atoms with Crippen molar-refractivity contribution in [2.75, 3.05) is 7.11 Å². The average Bonchev–Trinajstić information content (AvgIpc) is 1.97. The number of esters is 1. The van der Waals surface area contributed by atoms with Crippen molar-refractivity contribution in [2.45, 2.75) is 19.8 Å². The van der Waals surface area contributed by atoms with Gasteiger partial charge in [-0.15, -0.1) is 0 Å². The van der Waals surface area contributed by atoms with E-state index in [1.165, 1.54) is 14.0 Å². The molecule has 0 bridgehead atoms. The highest BCUT2D eigenvalue weighted by atomic mass is 16.5. The average molecular weight is 156 g/mol. The lowest BCUT2D eigenvalue weighted by Gasteiger charge is -1.90. The molecule has 0 saturated carbocycles. The molecule has 0 fully saturated rings. The second-order valence-electron chi connectivity index (χ2n) is 2.16. The van der Waals surface area contributed by atoms with Crippen molar-refractivity contribution >= 4 is 11.8 Å². The number of Topliss-reactive ketones (excluding diaryl/α,β-unsaturated/α-hetero) is 1. The first-order chi connectivity index (χ1) is 5.16. The van der Waals surface area contributed by atoms with Crippen LogP contribution in [0.2, 0.25) is 0 Å². The molecule has 0 spiro atoms. The van der Waals surface area contributed by atoms with E-state index in [0.717, 1.165) is 0 Å². The maximum Gasteiger partial charge on any atom is 0.309 e. The summed E-state index contributed by atoms with van der Waals surface area (Å²) >= 11 is 0. The third-order valence-corrected chi connectivity index (χ3v) is 1.08.